The van der Waals surface area contributed by atoms with Crippen LogP contribution >= 0.6 is 0 Å². The number of hydrogen-bond acceptors (Lipinski definition) is 2. The number of imidazole rings is 1. The molecule has 1 aromatic heterocycles. The summed E-state index contributed by atoms with van der Waals surface area (Å²) in [6.07, 6.45) is 1.91. The van der Waals surface area contributed by atoms with Gasteiger partial charge in [-0.3, -0.25) is 4.57 Å². The average molecular weight is 215 g/mol. The number of nitrogens with one attached hydrogen (secondary N) is 1. The molecule has 0 atom stereocenters. The van der Waals surface area contributed by atoms with Crippen molar-refractivity contribution >= 4 is 0 Å². The van der Waals surface area contributed by atoms with Crippen molar-refractivity contribution < 1.29 is 0 Å². The molecule has 3 nitrogen and oxygen atoms in total. The van der Waals surface area contributed by atoms with Crippen LogP contribution in [-0.4, -0.2) is 16.6 Å². The van der Waals surface area contributed by atoms with E-state index in [2.05, 4.69) is 53.0 Å². The highest BCUT2D eigenvalue weighted by atomic mass is 15.1. The minimum absolute atomic E-state index is 0.779. The van der Waals surface area contributed by atoms with E-state index < -0.39 is 0 Å². The number of aromatic nitrogens is 2. The first-order valence-electron chi connectivity index (χ1n) is 5.47. The number of nitrogens with zero attached hydrogens (tertiary/aromatic N) is 2. The van der Waals surface area contributed by atoms with Gasteiger partial charge in [0.25, 0.3) is 0 Å². The Labute approximate surface area is 96.1 Å². The van der Waals surface area contributed by atoms with Crippen LogP contribution in [-0.2, 0) is 6.54 Å². The van der Waals surface area contributed by atoms with Crippen LogP contribution in [0.15, 0.2) is 30.5 Å². The van der Waals surface area contributed by atoms with E-state index in [1.807, 2.05) is 13.2 Å². The molecule has 84 valence electrons. The molecule has 0 aliphatic carbocycles. The minimum atomic E-state index is 0.779. The quantitative estimate of drug-likeness (QED) is 0.850. The lowest BCUT2D eigenvalue weighted by Gasteiger charge is -2.10. The fourth-order valence-electron chi connectivity index (χ4n) is 1.82. The van der Waals surface area contributed by atoms with Crippen molar-refractivity contribution in [3.8, 4) is 5.69 Å². The largest absolute Gasteiger partial charge is 0.313 e. The van der Waals surface area contributed by atoms with Crippen LogP contribution in [0.3, 0.4) is 0 Å². The molecule has 0 saturated carbocycles. The van der Waals surface area contributed by atoms with Gasteiger partial charge in [0.05, 0.1) is 6.54 Å². The van der Waals surface area contributed by atoms with E-state index in [9.17, 15) is 0 Å². The first kappa shape index (κ1) is 10.9. The van der Waals surface area contributed by atoms with Gasteiger partial charge >= 0.3 is 0 Å². The normalized spacial score (nSPS) is 10.7. The molecule has 1 N–H and O–H groups in total. The van der Waals surface area contributed by atoms with Crippen molar-refractivity contribution in [2.45, 2.75) is 20.4 Å². The molecule has 16 heavy (non-hydrogen) atoms. The maximum Gasteiger partial charge on any atom is 0.127 e. The zero-order valence-corrected chi connectivity index (χ0v) is 9.99. The summed E-state index contributed by atoms with van der Waals surface area (Å²) < 4.78 is 2.18. The topological polar surface area (TPSA) is 29.9 Å². The van der Waals surface area contributed by atoms with Crippen LogP contribution in [0.25, 0.3) is 5.69 Å². The van der Waals surface area contributed by atoms with E-state index in [1.54, 1.807) is 0 Å². The second kappa shape index (κ2) is 4.49. The Morgan fingerprint density at radius 3 is 2.50 bits per heavy atom. The molecule has 0 amide bonds. The molecule has 0 fully saturated rings. The van der Waals surface area contributed by atoms with Gasteiger partial charge in [0.15, 0.2) is 0 Å². The highest BCUT2D eigenvalue weighted by Gasteiger charge is 2.07. The monoisotopic (exact) mass is 215 g/mol. The zero-order chi connectivity index (χ0) is 11.5. The molecule has 0 unspecified atom stereocenters. The van der Waals surface area contributed by atoms with Crippen molar-refractivity contribution in [1.82, 2.24) is 14.9 Å². The molecule has 0 radical (unpaired) electrons. The van der Waals surface area contributed by atoms with E-state index in [0.29, 0.717) is 0 Å². The van der Waals surface area contributed by atoms with Crippen molar-refractivity contribution in [2.24, 2.45) is 0 Å². The van der Waals surface area contributed by atoms with Gasteiger partial charge in [-0.15, -0.1) is 0 Å². The molecule has 2 rings (SSSR count). The summed E-state index contributed by atoms with van der Waals surface area (Å²) >= 11 is 0. The third-order valence-corrected chi connectivity index (χ3v) is 2.64. The first-order valence-corrected chi connectivity index (χ1v) is 5.47. The van der Waals surface area contributed by atoms with E-state index in [4.69, 9.17) is 0 Å². The molecule has 0 spiro atoms. The molecular weight excluding hydrogens is 198 g/mol. The summed E-state index contributed by atoms with van der Waals surface area (Å²) in [5, 5.41) is 3.14. The van der Waals surface area contributed by atoms with E-state index in [-0.39, 0.29) is 0 Å². The van der Waals surface area contributed by atoms with E-state index in [0.717, 1.165) is 18.1 Å². The lowest BCUT2D eigenvalue weighted by atomic mass is 10.2. The molecule has 0 aliphatic heterocycles. The van der Waals surface area contributed by atoms with Gasteiger partial charge in [-0.05, 0) is 33.0 Å². The third kappa shape index (κ3) is 1.99. The summed E-state index contributed by atoms with van der Waals surface area (Å²) in [6, 6.07) is 8.50. The molecular formula is C13H17N3. The predicted molar refractivity (Wildman–Crippen MR) is 65.8 cm³/mol. The Bertz CT molecular complexity index is 468. The van der Waals surface area contributed by atoms with Crippen LogP contribution in [0.5, 0.6) is 0 Å². The summed E-state index contributed by atoms with van der Waals surface area (Å²) in [4.78, 5) is 4.40. The Kier molecular flexibility index (Phi) is 3.06. The molecule has 0 saturated heterocycles. The van der Waals surface area contributed by atoms with Crippen LogP contribution in [0.1, 0.15) is 17.1 Å². The van der Waals surface area contributed by atoms with Gasteiger partial charge in [-0.2, -0.15) is 0 Å². The fraction of sp³-hybridized carbons (Fsp3) is 0.308. The summed E-state index contributed by atoms with van der Waals surface area (Å²) in [6.45, 7) is 4.95. The average Bonchev–Trinajstić information content (AvgIpc) is 2.62. The van der Waals surface area contributed by atoms with Crippen molar-refractivity contribution in [3.63, 3.8) is 0 Å². The van der Waals surface area contributed by atoms with Gasteiger partial charge in [0.2, 0.25) is 0 Å². The Balaban J connectivity index is 2.45. The first-order chi connectivity index (χ1) is 7.72. The minimum Gasteiger partial charge on any atom is -0.313 e. The van der Waals surface area contributed by atoms with Gasteiger partial charge in [0, 0.05) is 17.6 Å². The molecule has 1 heterocycles. The van der Waals surface area contributed by atoms with Crippen LogP contribution < -0.4 is 5.32 Å². The SMILES string of the molecule is CNCc1ncc(C)n1-c1ccc(C)cc1. The van der Waals surface area contributed by atoms with E-state index >= 15 is 0 Å². The third-order valence-electron chi connectivity index (χ3n) is 2.64. The number of hydrogen-bond donors (Lipinski definition) is 1. The summed E-state index contributed by atoms with van der Waals surface area (Å²) in [5.41, 5.74) is 3.61. The molecule has 2 aromatic rings. The Morgan fingerprint density at radius 1 is 1.19 bits per heavy atom. The zero-order valence-electron chi connectivity index (χ0n) is 9.99. The van der Waals surface area contributed by atoms with Crippen molar-refractivity contribution in [3.05, 3.63) is 47.5 Å². The standard InChI is InChI=1S/C13H17N3/c1-10-4-6-12(7-5-10)16-11(2)8-15-13(16)9-14-3/h4-8,14H,9H2,1-3H3. The van der Waals surface area contributed by atoms with Crippen molar-refractivity contribution in [1.29, 1.82) is 0 Å². The lowest BCUT2D eigenvalue weighted by molar-refractivity contribution is 0.737. The van der Waals surface area contributed by atoms with Crippen molar-refractivity contribution in [2.75, 3.05) is 7.05 Å². The molecule has 3 heteroatoms. The highest BCUT2D eigenvalue weighted by Crippen LogP contribution is 2.15. The second-order valence-electron chi connectivity index (χ2n) is 4.02. The highest BCUT2D eigenvalue weighted by molar-refractivity contribution is 5.37. The molecule has 1 aromatic carbocycles. The number of aryl methyl sites for hydroxylation is 2. The fourth-order valence-corrected chi connectivity index (χ4v) is 1.82. The van der Waals surface area contributed by atoms with Crippen LogP contribution in [0, 0.1) is 13.8 Å². The van der Waals surface area contributed by atoms with Gasteiger partial charge in [-0.25, -0.2) is 4.98 Å². The Morgan fingerprint density at radius 2 is 1.88 bits per heavy atom. The summed E-state index contributed by atoms with van der Waals surface area (Å²) in [7, 11) is 1.93. The smallest absolute Gasteiger partial charge is 0.127 e. The van der Waals surface area contributed by atoms with Gasteiger partial charge < -0.3 is 5.32 Å². The molecule has 0 bridgehead atoms. The Hall–Kier alpha value is -1.61. The number of benzene rings is 1. The van der Waals surface area contributed by atoms with Crippen LogP contribution in [0.2, 0.25) is 0 Å². The van der Waals surface area contributed by atoms with Crippen LogP contribution in [0.4, 0.5) is 0 Å². The molecule has 0 aliphatic rings. The number of rotatable bonds is 3. The predicted octanol–water partition coefficient (Wildman–Crippen LogP) is 2.21. The van der Waals surface area contributed by atoms with Gasteiger partial charge in [-0.1, -0.05) is 17.7 Å². The maximum atomic E-state index is 4.40. The lowest BCUT2D eigenvalue weighted by Crippen LogP contribution is -2.12. The second-order valence-corrected chi connectivity index (χ2v) is 4.02. The maximum absolute atomic E-state index is 4.40. The van der Waals surface area contributed by atoms with E-state index in [1.165, 1.54) is 11.3 Å². The summed E-state index contributed by atoms with van der Waals surface area (Å²) in [5.74, 6) is 1.05. The van der Waals surface area contributed by atoms with Gasteiger partial charge in [0.1, 0.15) is 5.82 Å².